The average molecular weight is 270 g/mol. The van der Waals surface area contributed by atoms with Crippen LogP contribution in [-0.4, -0.2) is 26.3 Å². The van der Waals surface area contributed by atoms with Gasteiger partial charge in [-0.2, -0.15) is 10.4 Å². The van der Waals surface area contributed by atoms with E-state index in [2.05, 4.69) is 15.2 Å². The number of nitriles is 1. The first-order valence-corrected chi connectivity index (χ1v) is 5.64. The molecule has 1 N–H and O–H groups in total. The third-order valence-electron chi connectivity index (χ3n) is 2.71. The highest BCUT2D eigenvalue weighted by Gasteiger charge is 2.17. The average Bonchev–Trinajstić information content (AvgIpc) is 2.43. The van der Waals surface area contributed by atoms with Crippen molar-refractivity contribution in [2.24, 2.45) is 0 Å². The summed E-state index contributed by atoms with van der Waals surface area (Å²) in [5.41, 5.74) is 1.21. The second-order valence-electron chi connectivity index (χ2n) is 3.96. The van der Waals surface area contributed by atoms with Gasteiger partial charge in [0, 0.05) is 6.20 Å². The number of aryl methyl sites for hydroxylation is 1. The Bertz CT molecular complexity index is 722. The van der Waals surface area contributed by atoms with E-state index in [1.165, 1.54) is 18.3 Å². The Kier molecular flexibility index (Phi) is 3.57. The van der Waals surface area contributed by atoms with Crippen molar-refractivity contribution in [3.63, 3.8) is 0 Å². The van der Waals surface area contributed by atoms with Crippen LogP contribution in [0.2, 0.25) is 0 Å². The van der Waals surface area contributed by atoms with Crippen molar-refractivity contribution in [1.29, 1.82) is 5.26 Å². The SMILES string of the molecule is Cc1nnc(Oc2cccnc2C(=O)O)c(C#N)c1C. The van der Waals surface area contributed by atoms with E-state index in [0.29, 0.717) is 11.3 Å². The number of carbonyl (C=O) groups is 1. The lowest BCUT2D eigenvalue weighted by molar-refractivity contribution is 0.0687. The molecule has 2 heterocycles. The predicted molar refractivity (Wildman–Crippen MR) is 67.5 cm³/mol. The normalized spacial score (nSPS) is 9.85. The monoisotopic (exact) mass is 270 g/mol. The fourth-order valence-electron chi connectivity index (χ4n) is 1.53. The van der Waals surface area contributed by atoms with E-state index in [1.54, 1.807) is 13.8 Å². The van der Waals surface area contributed by atoms with Crippen molar-refractivity contribution < 1.29 is 14.6 Å². The number of ether oxygens (including phenoxy) is 1. The zero-order valence-corrected chi connectivity index (χ0v) is 10.8. The number of aromatic nitrogens is 3. The molecule has 2 rings (SSSR count). The summed E-state index contributed by atoms with van der Waals surface area (Å²) in [4.78, 5) is 14.8. The van der Waals surface area contributed by atoms with E-state index in [1.807, 2.05) is 6.07 Å². The molecule has 0 bridgehead atoms. The molecule has 0 saturated carbocycles. The van der Waals surface area contributed by atoms with Crippen LogP contribution in [-0.2, 0) is 0 Å². The van der Waals surface area contributed by atoms with Crippen LogP contribution in [0.3, 0.4) is 0 Å². The first-order valence-electron chi connectivity index (χ1n) is 5.64. The van der Waals surface area contributed by atoms with Gasteiger partial charge in [0.1, 0.15) is 11.6 Å². The summed E-state index contributed by atoms with van der Waals surface area (Å²) in [5, 5.41) is 25.8. The molecule has 0 atom stereocenters. The molecule has 2 aromatic heterocycles. The van der Waals surface area contributed by atoms with Crippen molar-refractivity contribution >= 4 is 5.97 Å². The van der Waals surface area contributed by atoms with Crippen LogP contribution in [0.4, 0.5) is 0 Å². The van der Waals surface area contributed by atoms with E-state index in [-0.39, 0.29) is 22.9 Å². The fraction of sp³-hybridized carbons (Fsp3) is 0.154. The Balaban J connectivity index is 2.49. The molecule has 7 heteroatoms. The summed E-state index contributed by atoms with van der Waals surface area (Å²) in [5.74, 6) is -1.25. The zero-order valence-electron chi connectivity index (χ0n) is 10.8. The highest BCUT2D eigenvalue weighted by Crippen LogP contribution is 2.26. The summed E-state index contributed by atoms with van der Waals surface area (Å²) < 4.78 is 5.39. The number of hydrogen-bond acceptors (Lipinski definition) is 6. The maximum atomic E-state index is 11.0. The van der Waals surface area contributed by atoms with Gasteiger partial charge in [-0.25, -0.2) is 9.78 Å². The van der Waals surface area contributed by atoms with Crippen LogP contribution in [0.25, 0.3) is 0 Å². The molecule has 0 spiro atoms. The van der Waals surface area contributed by atoms with E-state index < -0.39 is 5.97 Å². The van der Waals surface area contributed by atoms with Crippen molar-refractivity contribution in [2.45, 2.75) is 13.8 Å². The predicted octanol–water partition coefficient (Wildman–Crippen LogP) is 1.85. The summed E-state index contributed by atoms with van der Waals surface area (Å²) in [7, 11) is 0. The lowest BCUT2D eigenvalue weighted by Gasteiger charge is -2.09. The van der Waals surface area contributed by atoms with Crippen LogP contribution in [0, 0.1) is 25.2 Å². The Labute approximate surface area is 114 Å². The fourth-order valence-corrected chi connectivity index (χ4v) is 1.53. The van der Waals surface area contributed by atoms with E-state index >= 15 is 0 Å². The maximum Gasteiger partial charge on any atom is 0.358 e. The van der Waals surface area contributed by atoms with E-state index in [4.69, 9.17) is 15.1 Å². The number of nitrogens with zero attached hydrogens (tertiary/aromatic N) is 4. The standard InChI is InChI=1S/C13H10N4O3/c1-7-8(2)16-17-12(9(7)6-14)20-10-4-3-5-15-11(10)13(18)19/h3-5H,1-2H3,(H,18,19). The minimum Gasteiger partial charge on any atom is -0.476 e. The van der Waals surface area contributed by atoms with Gasteiger partial charge >= 0.3 is 5.97 Å². The molecule has 0 unspecified atom stereocenters. The van der Waals surface area contributed by atoms with Crippen LogP contribution in [0.5, 0.6) is 11.6 Å². The van der Waals surface area contributed by atoms with Gasteiger partial charge in [0.05, 0.1) is 5.69 Å². The van der Waals surface area contributed by atoms with Gasteiger partial charge in [-0.3, -0.25) is 0 Å². The topological polar surface area (TPSA) is 109 Å². The number of hydrogen-bond donors (Lipinski definition) is 1. The Morgan fingerprint density at radius 1 is 1.40 bits per heavy atom. The number of aromatic carboxylic acids is 1. The highest BCUT2D eigenvalue weighted by atomic mass is 16.5. The molecule has 0 amide bonds. The molecule has 0 radical (unpaired) electrons. The molecular formula is C13H10N4O3. The number of rotatable bonds is 3. The van der Waals surface area contributed by atoms with Gasteiger partial charge in [0.2, 0.25) is 0 Å². The minimum absolute atomic E-state index is 0.00838. The van der Waals surface area contributed by atoms with Crippen molar-refractivity contribution in [2.75, 3.05) is 0 Å². The molecule has 0 saturated heterocycles. The molecule has 7 nitrogen and oxygen atoms in total. The molecular weight excluding hydrogens is 260 g/mol. The van der Waals surface area contributed by atoms with Gasteiger partial charge in [-0.05, 0) is 31.5 Å². The molecule has 20 heavy (non-hydrogen) atoms. The highest BCUT2D eigenvalue weighted by molar-refractivity contribution is 5.88. The molecule has 0 aromatic carbocycles. The van der Waals surface area contributed by atoms with Crippen LogP contribution in [0.1, 0.15) is 27.3 Å². The van der Waals surface area contributed by atoms with Crippen LogP contribution < -0.4 is 4.74 Å². The zero-order chi connectivity index (χ0) is 14.7. The Morgan fingerprint density at radius 3 is 2.80 bits per heavy atom. The maximum absolute atomic E-state index is 11.0. The van der Waals surface area contributed by atoms with E-state index in [9.17, 15) is 4.79 Å². The lowest BCUT2D eigenvalue weighted by Crippen LogP contribution is -2.05. The number of carboxylic acid groups (broad SMARTS) is 1. The first kappa shape index (κ1) is 13.4. The number of pyridine rings is 1. The van der Waals surface area contributed by atoms with Crippen molar-refractivity contribution in [1.82, 2.24) is 15.2 Å². The summed E-state index contributed by atoms with van der Waals surface area (Å²) in [6.07, 6.45) is 1.34. The van der Waals surface area contributed by atoms with E-state index in [0.717, 1.165) is 0 Å². The van der Waals surface area contributed by atoms with Gasteiger partial charge in [0.25, 0.3) is 5.88 Å². The largest absolute Gasteiger partial charge is 0.476 e. The summed E-state index contributed by atoms with van der Waals surface area (Å²) in [6.45, 7) is 3.44. The summed E-state index contributed by atoms with van der Waals surface area (Å²) >= 11 is 0. The second-order valence-corrected chi connectivity index (χ2v) is 3.96. The Hall–Kier alpha value is -3.01. The molecule has 2 aromatic rings. The van der Waals surface area contributed by atoms with Crippen molar-refractivity contribution in [3.8, 4) is 17.7 Å². The minimum atomic E-state index is -1.23. The van der Waals surface area contributed by atoms with Crippen LogP contribution in [0.15, 0.2) is 18.3 Å². The van der Waals surface area contributed by atoms with Crippen molar-refractivity contribution in [3.05, 3.63) is 40.8 Å². The quantitative estimate of drug-likeness (QED) is 0.906. The lowest BCUT2D eigenvalue weighted by atomic mass is 10.1. The van der Waals surface area contributed by atoms with Gasteiger partial charge in [-0.1, -0.05) is 0 Å². The van der Waals surface area contributed by atoms with Crippen LogP contribution >= 0.6 is 0 Å². The smallest absolute Gasteiger partial charge is 0.358 e. The molecule has 0 aliphatic rings. The van der Waals surface area contributed by atoms with Gasteiger partial charge in [-0.15, -0.1) is 5.10 Å². The second kappa shape index (κ2) is 5.32. The third-order valence-corrected chi connectivity index (χ3v) is 2.71. The third kappa shape index (κ3) is 2.40. The molecule has 100 valence electrons. The molecule has 0 aliphatic heterocycles. The molecule has 0 aliphatic carbocycles. The summed E-state index contributed by atoms with van der Waals surface area (Å²) in [6, 6.07) is 4.95. The number of carboxylic acids is 1. The molecule has 0 fully saturated rings. The Morgan fingerprint density at radius 2 is 2.15 bits per heavy atom. The van der Waals surface area contributed by atoms with Gasteiger partial charge in [0.15, 0.2) is 11.4 Å². The first-order chi connectivity index (χ1) is 9.54. The van der Waals surface area contributed by atoms with Gasteiger partial charge < -0.3 is 9.84 Å².